The van der Waals surface area contributed by atoms with E-state index in [-0.39, 0.29) is 5.41 Å². The Kier molecular flexibility index (Phi) is 7.08. The Hall–Kier alpha value is -1.02. The number of likely N-dealkylation sites (N-methyl/N-ethyl adjacent to an activating group) is 1. The first kappa shape index (κ1) is 17.0. The van der Waals surface area contributed by atoms with Crippen LogP contribution in [0, 0.1) is 5.41 Å². The van der Waals surface area contributed by atoms with Gasteiger partial charge in [0.15, 0.2) is 0 Å². The van der Waals surface area contributed by atoms with E-state index in [1.807, 2.05) is 7.05 Å². The van der Waals surface area contributed by atoms with E-state index in [0.29, 0.717) is 0 Å². The molecule has 1 fully saturated rings. The number of hydrogen-bond acceptors (Lipinski definition) is 2. The zero-order chi connectivity index (χ0) is 15.0. The Morgan fingerprint density at radius 1 is 1.30 bits per heavy atom. The maximum absolute atomic E-state index is 5.82. The lowest BCUT2D eigenvalue weighted by Crippen LogP contribution is -2.23. The van der Waals surface area contributed by atoms with Crippen LogP contribution in [0.3, 0.4) is 0 Å². The molecule has 1 rings (SSSR count). The minimum atomic E-state index is 0.164. The summed E-state index contributed by atoms with van der Waals surface area (Å²) in [6, 6.07) is 0. The van der Waals surface area contributed by atoms with E-state index in [9.17, 15) is 0 Å². The Balaban J connectivity index is 2.93. The second kappa shape index (κ2) is 8.31. The molecular formula is C18H31NO. The average molecular weight is 277 g/mol. The summed E-state index contributed by atoms with van der Waals surface area (Å²) in [5.74, 6) is 0.854. The fourth-order valence-electron chi connectivity index (χ4n) is 3.12. The van der Waals surface area contributed by atoms with E-state index in [4.69, 9.17) is 4.74 Å². The second-order valence-electron chi connectivity index (χ2n) is 5.95. The predicted octanol–water partition coefficient (Wildman–Crippen LogP) is 4.60. The van der Waals surface area contributed by atoms with Crippen molar-refractivity contribution in [3.05, 3.63) is 36.1 Å². The van der Waals surface area contributed by atoms with Crippen molar-refractivity contribution < 1.29 is 4.74 Å². The normalized spacial score (nSPS) is 24.1. The summed E-state index contributed by atoms with van der Waals surface area (Å²) in [6.07, 6.45) is 9.58. The zero-order valence-corrected chi connectivity index (χ0v) is 13.6. The third-order valence-electron chi connectivity index (χ3n) is 4.13. The van der Waals surface area contributed by atoms with Gasteiger partial charge in [0.1, 0.15) is 5.76 Å². The van der Waals surface area contributed by atoms with Gasteiger partial charge in [0, 0.05) is 17.5 Å². The lowest BCUT2D eigenvalue weighted by Gasteiger charge is -2.28. The van der Waals surface area contributed by atoms with E-state index in [1.165, 1.54) is 44.1 Å². The number of rotatable bonds is 9. The standard InChI is InChI=1S/C18H31NO/c1-6-8-9-11-18(10-7-2)14-20-16(4)17(18)12-15(3)13-19-5/h12,19H,3-4,6-11,13-14H2,1-2,5H3/b17-12+. The van der Waals surface area contributed by atoms with Crippen LogP contribution >= 0.6 is 0 Å². The summed E-state index contributed by atoms with van der Waals surface area (Å²) in [6.45, 7) is 14.3. The van der Waals surface area contributed by atoms with Crippen LogP contribution in [0.25, 0.3) is 0 Å². The molecule has 1 heterocycles. The van der Waals surface area contributed by atoms with Gasteiger partial charge in [-0.3, -0.25) is 0 Å². The van der Waals surface area contributed by atoms with Crippen LogP contribution < -0.4 is 5.32 Å². The number of nitrogens with one attached hydrogen (secondary N) is 1. The third-order valence-corrected chi connectivity index (χ3v) is 4.13. The lowest BCUT2D eigenvalue weighted by molar-refractivity contribution is 0.167. The van der Waals surface area contributed by atoms with Gasteiger partial charge >= 0.3 is 0 Å². The molecule has 0 spiro atoms. The molecule has 0 bridgehead atoms. The summed E-state index contributed by atoms with van der Waals surface area (Å²) < 4.78 is 5.82. The van der Waals surface area contributed by atoms with Crippen LogP contribution in [-0.4, -0.2) is 20.2 Å². The smallest absolute Gasteiger partial charge is 0.116 e. The van der Waals surface area contributed by atoms with Crippen LogP contribution in [0.5, 0.6) is 0 Å². The molecule has 1 saturated heterocycles. The molecule has 1 aliphatic heterocycles. The maximum atomic E-state index is 5.82. The van der Waals surface area contributed by atoms with E-state index in [0.717, 1.165) is 24.5 Å². The lowest BCUT2D eigenvalue weighted by atomic mass is 9.73. The van der Waals surface area contributed by atoms with Gasteiger partial charge in [-0.05, 0) is 25.5 Å². The number of allylic oxidation sites excluding steroid dienone is 1. The predicted molar refractivity (Wildman–Crippen MR) is 87.7 cm³/mol. The SMILES string of the molecule is C=C(/C=C1\C(=C)OCC1(CCC)CCCCC)CNC. The minimum Gasteiger partial charge on any atom is -0.493 e. The van der Waals surface area contributed by atoms with Gasteiger partial charge in [0.25, 0.3) is 0 Å². The van der Waals surface area contributed by atoms with Crippen LogP contribution in [0.4, 0.5) is 0 Å². The summed E-state index contributed by atoms with van der Waals surface area (Å²) in [7, 11) is 1.95. The molecule has 0 aliphatic carbocycles. The van der Waals surface area contributed by atoms with Crippen molar-refractivity contribution in [2.75, 3.05) is 20.2 Å². The van der Waals surface area contributed by atoms with Crippen molar-refractivity contribution in [2.24, 2.45) is 5.41 Å². The first-order chi connectivity index (χ1) is 9.59. The number of unbranched alkanes of at least 4 members (excludes halogenated alkanes) is 2. The van der Waals surface area contributed by atoms with E-state index in [1.54, 1.807) is 0 Å². The summed E-state index contributed by atoms with van der Waals surface area (Å²) >= 11 is 0. The molecule has 1 atom stereocenters. The van der Waals surface area contributed by atoms with Crippen molar-refractivity contribution in [3.63, 3.8) is 0 Å². The molecule has 0 saturated carbocycles. The van der Waals surface area contributed by atoms with Gasteiger partial charge in [-0.25, -0.2) is 0 Å². The molecule has 2 nitrogen and oxygen atoms in total. The van der Waals surface area contributed by atoms with Crippen LogP contribution in [0.15, 0.2) is 36.1 Å². The van der Waals surface area contributed by atoms with E-state index in [2.05, 4.69) is 38.4 Å². The van der Waals surface area contributed by atoms with Gasteiger partial charge < -0.3 is 10.1 Å². The third kappa shape index (κ3) is 4.24. The average Bonchev–Trinajstić information content (AvgIpc) is 2.70. The fraction of sp³-hybridized carbons (Fsp3) is 0.667. The van der Waals surface area contributed by atoms with Crippen LogP contribution in [-0.2, 0) is 4.74 Å². The Morgan fingerprint density at radius 3 is 2.65 bits per heavy atom. The largest absolute Gasteiger partial charge is 0.493 e. The molecule has 1 N–H and O–H groups in total. The minimum absolute atomic E-state index is 0.164. The highest BCUT2D eigenvalue weighted by molar-refractivity contribution is 5.40. The van der Waals surface area contributed by atoms with Crippen molar-refractivity contribution >= 4 is 0 Å². The molecule has 0 amide bonds. The topological polar surface area (TPSA) is 21.3 Å². The fourth-order valence-corrected chi connectivity index (χ4v) is 3.12. The number of ether oxygens (including phenoxy) is 1. The van der Waals surface area contributed by atoms with Gasteiger partial charge in [-0.1, -0.05) is 58.8 Å². The monoisotopic (exact) mass is 277 g/mol. The summed E-state index contributed by atoms with van der Waals surface area (Å²) in [4.78, 5) is 0. The van der Waals surface area contributed by atoms with Crippen molar-refractivity contribution in [1.82, 2.24) is 5.32 Å². The van der Waals surface area contributed by atoms with Crippen LogP contribution in [0.1, 0.15) is 52.4 Å². The van der Waals surface area contributed by atoms with Crippen molar-refractivity contribution in [2.45, 2.75) is 52.4 Å². The van der Waals surface area contributed by atoms with Crippen molar-refractivity contribution in [1.29, 1.82) is 0 Å². The van der Waals surface area contributed by atoms with Crippen molar-refractivity contribution in [3.8, 4) is 0 Å². The Bertz CT molecular complexity index is 370. The molecule has 1 aliphatic rings. The molecule has 114 valence electrons. The Labute approximate surface area is 125 Å². The molecule has 1 unspecified atom stereocenters. The highest BCUT2D eigenvalue weighted by Crippen LogP contribution is 2.47. The first-order valence-corrected chi connectivity index (χ1v) is 7.96. The highest BCUT2D eigenvalue weighted by Gasteiger charge is 2.41. The van der Waals surface area contributed by atoms with Gasteiger partial charge in [-0.2, -0.15) is 0 Å². The number of hydrogen-bond donors (Lipinski definition) is 1. The molecule has 2 heteroatoms. The summed E-state index contributed by atoms with van der Waals surface area (Å²) in [5.41, 5.74) is 2.55. The molecule has 0 radical (unpaired) electrons. The quantitative estimate of drug-likeness (QED) is 0.622. The molecule has 0 aromatic rings. The molecular weight excluding hydrogens is 246 g/mol. The zero-order valence-electron chi connectivity index (χ0n) is 13.6. The molecule has 0 aromatic carbocycles. The second-order valence-corrected chi connectivity index (χ2v) is 5.95. The summed E-state index contributed by atoms with van der Waals surface area (Å²) in [5, 5.41) is 3.15. The van der Waals surface area contributed by atoms with Gasteiger partial charge in [0.05, 0.1) is 6.61 Å². The highest BCUT2D eigenvalue weighted by atomic mass is 16.5. The molecule has 20 heavy (non-hydrogen) atoms. The Morgan fingerprint density at radius 2 is 2.05 bits per heavy atom. The molecule has 0 aromatic heterocycles. The van der Waals surface area contributed by atoms with E-state index >= 15 is 0 Å². The van der Waals surface area contributed by atoms with Crippen LogP contribution in [0.2, 0.25) is 0 Å². The maximum Gasteiger partial charge on any atom is 0.116 e. The van der Waals surface area contributed by atoms with Gasteiger partial charge in [-0.15, -0.1) is 0 Å². The van der Waals surface area contributed by atoms with E-state index < -0.39 is 0 Å². The van der Waals surface area contributed by atoms with Gasteiger partial charge in [0.2, 0.25) is 0 Å². The first-order valence-electron chi connectivity index (χ1n) is 7.96.